The monoisotopic (exact) mass is 296 g/mol. The van der Waals surface area contributed by atoms with Gasteiger partial charge in [0.25, 0.3) is 0 Å². The maximum absolute atomic E-state index is 13.0. The highest BCUT2D eigenvalue weighted by Gasteiger charge is 2.20. The molecule has 6 heteroatoms. The smallest absolute Gasteiger partial charge is 0.124 e. The summed E-state index contributed by atoms with van der Waals surface area (Å²) >= 11 is 3.33. The number of benzene rings is 1. The summed E-state index contributed by atoms with van der Waals surface area (Å²) in [5, 5.41) is 11.4. The van der Waals surface area contributed by atoms with Crippen molar-refractivity contribution in [2.24, 2.45) is 0 Å². The summed E-state index contributed by atoms with van der Waals surface area (Å²) < 4.78 is 15.5. The third-order valence-corrected chi connectivity index (χ3v) is 3.51. The second-order valence-corrected chi connectivity index (χ2v) is 4.87. The first kappa shape index (κ1) is 10.9. The van der Waals surface area contributed by atoms with E-state index in [1.54, 1.807) is 6.07 Å². The molecule has 2 heterocycles. The van der Waals surface area contributed by atoms with Gasteiger partial charge in [0.15, 0.2) is 0 Å². The third kappa shape index (κ3) is 1.98. The fourth-order valence-corrected chi connectivity index (χ4v) is 2.29. The number of hydrogen-bond acceptors (Lipinski definition) is 3. The third-order valence-electron chi connectivity index (χ3n) is 2.85. The first-order valence-corrected chi connectivity index (χ1v) is 6.11. The lowest BCUT2D eigenvalue weighted by atomic mass is 10.1. The number of nitrogens with zero attached hydrogens (tertiary/aromatic N) is 3. The van der Waals surface area contributed by atoms with E-state index in [2.05, 4.69) is 31.6 Å². The largest absolute Gasteiger partial charge is 0.312 e. The average Bonchev–Trinajstić information content (AvgIpc) is 2.64. The van der Waals surface area contributed by atoms with Gasteiger partial charge in [0.1, 0.15) is 11.5 Å². The molecule has 0 spiro atoms. The summed E-state index contributed by atoms with van der Waals surface area (Å²) in [7, 11) is 0. The maximum Gasteiger partial charge on any atom is 0.124 e. The Morgan fingerprint density at radius 1 is 1.41 bits per heavy atom. The molecular weight excluding hydrogens is 287 g/mol. The van der Waals surface area contributed by atoms with Gasteiger partial charge in [0.2, 0.25) is 0 Å². The summed E-state index contributed by atoms with van der Waals surface area (Å²) in [6.45, 7) is 1.85. The van der Waals surface area contributed by atoms with Crippen molar-refractivity contribution in [3.05, 3.63) is 34.7 Å². The summed E-state index contributed by atoms with van der Waals surface area (Å²) in [4.78, 5) is 0. The Bertz CT molecular complexity index is 550. The van der Waals surface area contributed by atoms with E-state index in [1.807, 2.05) is 10.9 Å². The number of aromatic nitrogens is 3. The van der Waals surface area contributed by atoms with Crippen molar-refractivity contribution < 1.29 is 4.39 Å². The zero-order valence-electron chi connectivity index (χ0n) is 8.90. The fourth-order valence-electron chi connectivity index (χ4n) is 1.74. The van der Waals surface area contributed by atoms with Gasteiger partial charge in [-0.2, -0.15) is 0 Å². The molecule has 17 heavy (non-hydrogen) atoms. The molecule has 1 aromatic carbocycles. The normalized spacial score (nSPS) is 15.9. The molecule has 0 amide bonds. The standard InChI is InChI=1S/C11H10BrFN4/c12-10-3-7(13)1-2-9(10)11-6-17(16-15-11)8-4-14-5-8/h1-3,6,8,14H,4-5H2. The molecule has 0 radical (unpaired) electrons. The quantitative estimate of drug-likeness (QED) is 0.922. The lowest BCUT2D eigenvalue weighted by molar-refractivity contribution is 0.313. The average molecular weight is 297 g/mol. The van der Waals surface area contributed by atoms with E-state index in [9.17, 15) is 4.39 Å². The molecule has 2 aromatic rings. The molecule has 1 aromatic heterocycles. The summed E-state index contributed by atoms with van der Waals surface area (Å²) in [6, 6.07) is 4.94. The van der Waals surface area contributed by atoms with Crippen LogP contribution in [0, 0.1) is 5.82 Å². The lowest BCUT2D eigenvalue weighted by Crippen LogP contribution is -2.43. The van der Waals surface area contributed by atoms with E-state index >= 15 is 0 Å². The number of rotatable bonds is 2. The van der Waals surface area contributed by atoms with Gasteiger partial charge in [0.05, 0.1) is 12.2 Å². The van der Waals surface area contributed by atoms with Crippen LogP contribution in [0.1, 0.15) is 6.04 Å². The maximum atomic E-state index is 13.0. The van der Waals surface area contributed by atoms with Crippen molar-refractivity contribution >= 4 is 15.9 Å². The van der Waals surface area contributed by atoms with Crippen LogP contribution in [-0.2, 0) is 0 Å². The van der Waals surface area contributed by atoms with E-state index in [0.717, 1.165) is 24.3 Å². The highest BCUT2D eigenvalue weighted by Crippen LogP contribution is 2.27. The van der Waals surface area contributed by atoms with Crippen LogP contribution < -0.4 is 5.32 Å². The molecule has 0 unspecified atom stereocenters. The van der Waals surface area contributed by atoms with Crippen LogP contribution in [-0.4, -0.2) is 28.1 Å². The van der Waals surface area contributed by atoms with E-state index in [0.29, 0.717) is 10.5 Å². The van der Waals surface area contributed by atoms with Crippen LogP contribution >= 0.6 is 15.9 Å². The topological polar surface area (TPSA) is 42.7 Å². The Morgan fingerprint density at radius 2 is 2.24 bits per heavy atom. The van der Waals surface area contributed by atoms with Gasteiger partial charge >= 0.3 is 0 Å². The van der Waals surface area contributed by atoms with Gasteiger partial charge < -0.3 is 5.32 Å². The first-order valence-electron chi connectivity index (χ1n) is 5.32. The van der Waals surface area contributed by atoms with Gasteiger partial charge in [-0.3, -0.25) is 0 Å². The number of hydrogen-bond donors (Lipinski definition) is 1. The molecule has 1 aliphatic heterocycles. The predicted molar refractivity (Wildman–Crippen MR) is 65.0 cm³/mol. The van der Waals surface area contributed by atoms with Crippen molar-refractivity contribution in [2.75, 3.05) is 13.1 Å². The van der Waals surface area contributed by atoms with Crippen molar-refractivity contribution in [3.63, 3.8) is 0 Å². The summed E-state index contributed by atoms with van der Waals surface area (Å²) in [6.07, 6.45) is 1.89. The molecule has 1 saturated heterocycles. The fraction of sp³-hybridized carbons (Fsp3) is 0.273. The Kier molecular flexibility index (Phi) is 2.68. The first-order chi connectivity index (χ1) is 8.24. The summed E-state index contributed by atoms with van der Waals surface area (Å²) in [5.74, 6) is -0.267. The van der Waals surface area contributed by atoms with E-state index in [-0.39, 0.29) is 5.82 Å². The van der Waals surface area contributed by atoms with Crippen molar-refractivity contribution in [3.8, 4) is 11.3 Å². The molecule has 1 N–H and O–H groups in total. The Morgan fingerprint density at radius 3 is 2.88 bits per heavy atom. The number of halogens is 2. The molecule has 0 aliphatic carbocycles. The SMILES string of the molecule is Fc1ccc(-c2cn(C3CNC3)nn2)c(Br)c1. The van der Waals surface area contributed by atoms with Crippen LogP contribution in [0.4, 0.5) is 4.39 Å². The van der Waals surface area contributed by atoms with Gasteiger partial charge in [-0.25, -0.2) is 9.07 Å². The van der Waals surface area contributed by atoms with Gasteiger partial charge in [0, 0.05) is 23.1 Å². The molecule has 0 bridgehead atoms. The summed E-state index contributed by atoms with van der Waals surface area (Å²) in [5.41, 5.74) is 1.61. The van der Waals surface area contributed by atoms with E-state index in [4.69, 9.17) is 0 Å². The molecule has 1 aliphatic rings. The van der Waals surface area contributed by atoms with Crippen LogP contribution in [0.3, 0.4) is 0 Å². The van der Waals surface area contributed by atoms with Gasteiger partial charge in [-0.15, -0.1) is 5.10 Å². The minimum Gasteiger partial charge on any atom is -0.312 e. The van der Waals surface area contributed by atoms with E-state index in [1.165, 1.54) is 12.1 Å². The molecule has 1 fully saturated rings. The highest BCUT2D eigenvalue weighted by molar-refractivity contribution is 9.10. The highest BCUT2D eigenvalue weighted by atomic mass is 79.9. The van der Waals surface area contributed by atoms with Crippen LogP contribution in [0.5, 0.6) is 0 Å². The predicted octanol–water partition coefficient (Wildman–Crippen LogP) is 1.99. The second kappa shape index (κ2) is 4.19. The Labute approximate surface area is 106 Å². The van der Waals surface area contributed by atoms with Gasteiger partial charge in [-0.05, 0) is 34.1 Å². The van der Waals surface area contributed by atoms with Crippen LogP contribution in [0.25, 0.3) is 11.3 Å². The van der Waals surface area contributed by atoms with E-state index < -0.39 is 0 Å². The van der Waals surface area contributed by atoms with Gasteiger partial charge in [-0.1, -0.05) is 5.21 Å². The number of nitrogens with one attached hydrogen (secondary N) is 1. The second-order valence-electron chi connectivity index (χ2n) is 4.02. The molecule has 0 saturated carbocycles. The molecule has 88 valence electrons. The zero-order chi connectivity index (χ0) is 11.8. The van der Waals surface area contributed by atoms with Crippen molar-refractivity contribution in [1.82, 2.24) is 20.3 Å². The van der Waals surface area contributed by atoms with Crippen molar-refractivity contribution in [1.29, 1.82) is 0 Å². The lowest BCUT2D eigenvalue weighted by Gasteiger charge is -2.26. The molecule has 4 nitrogen and oxygen atoms in total. The van der Waals surface area contributed by atoms with Crippen LogP contribution in [0.2, 0.25) is 0 Å². The molecular formula is C11H10BrFN4. The van der Waals surface area contributed by atoms with Crippen molar-refractivity contribution in [2.45, 2.75) is 6.04 Å². The minimum atomic E-state index is -0.267. The zero-order valence-corrected chi connectivity index (χ0v) is 10.5. The molecule has 0 atom stereocenters. The Hall–Kier alpha value is -1.27. The molecule has 3 rings (SSSR count). The minimum absolute atomic E-state index is 0.267. The van der Waals surface area contributed by atoms with Crippen LogP contribution in [0.15, 0.2) is 28.9 Å². The Balaban J connectivity index is 1.94.